The first-order valence-corrected chi connectivity index (χ1v) is 14.5. The lowest BCUT2D eigenvalue weighted by molar-refractivity contribution is -0.115. The Kier molecular flexibility index (Phi) is 6.53. The lowest BCUT2D eigenvalue weighted by atomic mass is 10.0. The van der Waals surface area contributed by atoms with Crippen LogP contribution in [-0.4, -0.2) is 30.1 Å². The number of imide groups is 1. The number of thiophene rings is 1. The standard InChI is InChI=1S/C27H23N3O4S3/c1-27(2,3)30-37(33,34)18-6-4-5-17(15-18)22-9-10-23(35-22)19-11-12-28-21-8-7-16(13-20(19)21)14-24-25(31)29-26(32)36-24/h4-15,30H,1-3H3,(H,29,31,32)/b24-14+. The van der Waals surface area contributed by atoms with Crippen molar-refractivity contribution in [3.8, 4) is 20.9 Å². The molecule has 2 N–H and O–H groups in total. The number of thioether (sulfide) groups is 1. The highest BCUT2D eigenvalue weighted by molar-refractivity contribution is 8.18. The van der Waals surface area contributed by atoms with Gasteiger partial charge in [-0.2, -0.15) is 0 Å². The van der Waals surface area contributed by atoms with Gasteiger partial charge in [-0.05, 0) is 92.2 Å². The normalized spacial score (nSPS) is 15.5. The van der Waals surface area contributed by atoms with Crippen LogP contribution < -0.4 is 10.0 Å². The highest BCUT2D eigenvalue weighted by Gasteiger charge is 2.25. The van der Waals surface area contributed by atoms with E-state index in [1.165, 1.54) is 0 Å². The van der Waals surface area contributed by atoms with E-state index in [2.05, 4.69) is 15.0 Å². The Hall–Kier alpha value is -3.31. The summed E-state index contributed by atoms with van der Waals surface area (Å²) in [6.07, 6.45) is 3.44. The number of nitrogens with zero attached hydrogens (tertiary/aromatic N) is 1. The molecule has 1 aliphatic heterocycles. The van der Waals surface area contributed by atoms with Crippen LogP contribution >= 0.6 is 23.1 Å². The van der Waals surface area contributed by atoms with Gasteiger partial charge in [0, 0.05) is 32.4 Å². The van der Waals surface area contributed by atoms with Gasteiger partial charge < -0.3 is 0 Å². The Morgan fingerprint density at radius 2 is 1.76 bits per heavy atom. The minimum Gasteiger partial charge on any atom is -0.282 e. The van der Waals surface area contributed by atoms with Crippen LogP contribution in [0.4, 0.5) is 4.79 Å². The van der Waals surface area contributed by atoms with Crippen LogP contribution in [0.2, 0.25) is 0 Å². The first-order valence-electron chi connectivity index (χ1n) is 11.4. The van der Waals surface area contributed by atoms with Crippen molar-refractivity contribution in [2.75, 3.05) is 0 Å². The van der Waals surface area contributed by atoms with Gasteiger partial charge in [-0.15, -0.1) is 11.3 Å². The van der Waals surface area contributed by atoms with E-state index in [9.17, 15) is 18.0 Å². The molecule has 1 aliphatic rings. The van der Waals surface area contributed by atoms with Crippen molar-refractivity contribution in [3.63, 3.8) is 0 Å². The number of carbonyl (C=O) groups is 2. The van der Waals surface area contributed by atoms with Crippen molar-refractivity contribution in [2.45, 2.75) is 31.2 Å². The molecule has 0 aliphatic carbocycles. The van der Waals surface area contributed by atoms with Crippen molar-refractivity contribution in [1.82, 2.24) is 15.0 Å². The van der Waals surface area contributed by atoms with E-state index in [0.717, 1.165) is 49.1 Å². The summed E-state index contributed by atoms with van der Waals surface area (Å²) in [5.74, 6) is -0.397. The van der Waals surface area contributed by atoms with Crippen molar-refractivity contribution < 1.29 is 18.0 Å². The number of hydrogen-bond donors (Lipinski definition) is 2. The van der Waals surface area contributed by atoms with E-state index in [4.69, 9.17) is 0 Å². The smallest absolute Gasteiger partial charge is 0.282 e. The zero-order valence-electron chi connectivity index (χ0n) is 20.2. The third kappa shape index (κ3) is 5.52. The van der Waals surface area contributed by atoms with Gasteiger partial charge in [0.25, 0.3) is 11.1 Å². The van der Waals surface area contributed by atoms with Crippen LogP contribution in [0.3, 0.4) is 0 Å². The fourth-order valence-electron chi connectivity index (χ4n) is 3.96. The third-order valence-electron chi connectivity index (χ3n) is 5.45. The molecule has 0 spiro atoms. The number of rotatable bonds is 5. The molecule has 1 fully saturated rings. The molecule has 0 saturated carbocycles. The van der Waals surface area contributed by atoms with Crippen molar-refractivity contribution in [3.05, 3.63) is 77.3 Å². The fourth-order valence-corrected chi connectivity index (χ4v) is 7.15. The maximum Gasteiger partial charge on any atom is 0.290 e. The van der Waals surface area contributed by atoms with Crippen molar-refractivity contribution >= 4 is 61.2 Å². The number of hydrogen-bond acceptors (Lipinski definition) is 7. The molecule has 10 heteroatoms. The van der Waals surface area contributed by atoms with Crippen molar-refractivity contribution in [2.24, 2.45) is 0 Å². The van der Waals surface area contributed by atoms with E-state index >= 15 is 0 Å². The maximum absolute atomic E-state index is 12.8. The Morgan fingerprint density at radius 1 is 0.973 bits per heavy atom. The van der Waals surface area contributed by atoms with Crippen LogP contribution in [0, 0.1) is 0 Å². The minimum absolute atomic E-state index is 0.217. The number of carbonyl (C=O) groups excluding carboxylic acids is 2. The van der Waals surface area contributed by atoms with Gasteiger partial charge in [0.1, 0.15) is 0 Å². The van der Waals surface area contributed by atoms with Gasteiger partial charge in [0.05, 0.1) is 15.3 Å². The van der Waals surface area contributed by atoms with Gasteiger partial charge in [0.15, 0.2) is 0 Å². The number of nitrogens with one attached hydrogen (secondary N) is 2. The number of amides is 2. The third-order valence-corrected chi connectivity index (χ3v) is 9.18. The van der Waals surface area contributed by atoms with Crippen LogP contribution in [0.5, 0.6) is 0 Å². The summed E-state index contributed by atoms with van der Waals surface area (Å²) >= 11 is 2.44. The van der Waals surface area contributed by atoms with Crippen LogP contribution in [0.1, 0.15) is 26.3 Å². The highest BCUT2D eigenvalue weighted by atomic mass is 32.2. The molecule has 1 saturated heterocycles. The average Bonchev–Trinajstić information content (AvgIpc) is 3.43. The molecule has 4 aromatic rings. The molecule has 2 aromatic carbocycles. The summed E-state index contributed by atoms with van der Waals surface area (Å²) in [5, 5.41) is 2.80. The molecule has 188 valence electrons. The SMILES string of the molecule is CC(C)(C)NS(=O)(=O)c1cccc(-c2ccc(-c3ccnc4ccc(/C=C5/SC(=O)NC5=O)cc34)s2)c1. The van der Waals surface area contributed by atoms with E-state index in [-0.39, 0.29) is 10.1 Å². The predicted octanol–water partition coefficient (Wildman–Crippen LogP) is 6.03. The van der Waals surface area contributed by atoms with Gasteiger partial charge in [-0.3, -0.25) is 19.9 Å². The van der Waals surface area contributed by atoms with Gasteiger partial charge >= 0.3 is 0 Å². The lowest BCUT2D eigenvalue weighted by Gasteiger charge is -2.20. The van der Waals surface area contributed by atoms with Crippen molar-refractivity contribution in [1.29, 1.82) is 0 Å². The highest BCUT2D eigenvalue weighted by Crippen LogP contribution is 2.38. The van der Waals surface area contributed by atoms with E-state index in [0.29, 0.717) is 4.91 Å². The Morgan fingerprint density at radius 3 is 2.49 bits per heavy atom. The van der Waals surface area contributed by atoms with Crippen LogP contribution in [0.15, 0.2) is 76.7 Å². The van der Waals surface area contributed by atoms with Gasteiger partial charge in [-0.25, -0.2) is 13.1 Å². The molecule has 2 aromatic heterocycles. The molecular weight excluding hydrogens is 527 g/mol. The fraction of sp³-hybridized carbons (Fsp3) is 0.148. The van der Waals surface area contributed by atoms with Gasteiger partial charge in [-0.1, -0.05) is 18.2 Å². The van der Waals surface area contributed by atoms with E-state index in [1.807, 2.05) is 63.2 Å². The first kappa shape index (κ1) is 25.3. The molecule has 0 unspecified atom stereocenters. The molecule has 5 rings (SSSR count). The minimum atomic E-state index is -3.66. The average molecular weight is 550 g/mol. The second-order valence-electron chi connectivity index (χ2n) is 9.53. The van der Waals surface area contributed by atoms with Crippen LogP contribution in [-0.2, 0) is 14.8 Å². The molecule has 3 heterocycles. The summed E-state index contributed by atoms with van der Waals surface area (Å²) < 4.78 is 28.4. The number of benzene rings is 2. The predicted molar refractivity (Wildman–Crippen MR) is 150 cm³/mol. The zero-order valence-corrected chi connectivity index (χ0v) is 22.7. The largest absolute Gasteiger partial charge is 0.290 e. The molecule has 0 atom stereocenters. The number of fused-ring (bicyclic) bond motifs is 1. The number of aromatic nitrogens is 1. The second kappa shape index (κ2) is 9.53. The number of pyridine rings is 1. The molecule has 2 amide bonds. The molecular formula is C27H23N3O4S3. The first-order chi connectivity index (χ1) is 17.5. The zero-order chi connectivity index (χ0) is 26.4. The summed E-state index contributed by atoms with van der Waals surface area (Å²) in [6.45, 7) is 5.42. The maximum atomic E-state index is 12.8. The Bertz CT molecular complexity index is 1700. The summed E-state index contributed by atoms with van der Waals surface area (Å²) in [6, 6.07) is 18.5. The Balaban J connectivity index is 1.51. The Labute approximate surface area is 223 Å². The molecule has 7 nitrogen and oxygen atoms in total. The quantitative estimate of drug-likeness (QED) is 0.295. The monoisotopic (exact) mass is 549 g/mol. The summed E-state index contributed by atoms with van der Waals surface area (Å²) in [5.41, 5.74) is 2.79. The van der Waals surface area contributed by atoms with Gasteiger partial charge in [0.2, 0.25) is 10.0 Å². The lowest BCUT2D eigenvalue weighted by Crippen LogP contribution is -2.40. The topological polar surface area (TPSA) is 105 Å². The summed E-state index contributed by atoms with van der Waals surface area (Å²) in [7, 11) is -3.66. The van der Waals surface area contributed by atoms with Crippen LogP contribution in [0.25, 0.3) is 37.9 Å². The molecule has 37 heavy (non-hydrogen) atoms. The molecule has 0 bridgehead atoms. The molecule has 0 radical (unpaired) electrons. The van der Waals surface area contributed by atoms with E-state index < -0.39 is 21.5 Å². The van der Waals surface area contributed by atoms with E-state index in [1.54, 1.807) is 41.8 Å². The summed E-state index contributed by atoms with van der Waals surface area (Å²) in [4.78, 5) is 30.4. The second-order valence-corrected chi connectivity index (χ2v) is 13.3. The number of sulfonamides is 1.